The van der Waals surface area contributed by atoms with Crippen LogP contribution in [-0.2, 0) is 16.3 Å². The lowest BCUT2D eigenvalue weighted by Gasteiger charge is -2.14. The highest BCUT2D eigenvalue weighted by Gasteiger charge is 2.32. The van der Waals surface area contributed by atoms with Crippen molar-refractivity contribution >= 4 is 27.3 Å². The molecule has 0 bridgehead atoms. The first-order valence-corrected chi connectivity index (χ1v) is 12.8. The Kier molecular flexibility index (Phi) is 6.40. The van der Waals surface area contributed by atoms with E-state index in [2.05, 4.69) is 16.5 Å². The maximum atomic E-state index is 12.8. The van der Waals surface area contributed by atoms with Crippen LogP contribution in [0, 0.1) is 13.8 Å². The monoisotopic (exact) mass is 471 g/mol. The van der Waals surface area contributed by atoms with Crippen molar-refractivity contribution < 1.29 is 13.2 Å². The summed E-state index contributed by atoms with van der Waals surface area (Å²) in [6.07, 6.45) is 1.17. The highest BCUT2D eigenvalue weighted by molar-refractivity contribution is 7.91. The molecule has 1 unspecified atom stereocenters. The Morgan fingerprint density at radius 2 is 1.88 bits per heavy atom. The zero-order valence-electron chi connectivity index (χ0n) is 18.1. The number of halogens is 1. The number of sulfone groups is 1. The maximum Gasteiger partial charge on any atom is 0.271 e. The van der Waals surface area contributed by atoms with Gasteiger partial charge in [0.25, 0.3) is 5.91 Å². The van der Waals surface area contributed by atoms with Crippen molar-refractivity contribution in [3.8, 4) is 11.3 Å². The minimum atomic E-state index is -3.09. The van der Waals surface area contributed by atoms with E-state index < -0.39 is 9.84 Å². The molecular formula is C24H26ClN3O3S. The van der Waals surface area contributed by atoms with Gasteiger partial charge in [0, 0.05) is 17.1 Å². The predicted molar refractivity (Wildman–Crippen MR) is 127 cm³/mol. The minimum absolute atomic E-state index is 0.0458. The molecule has 8 heteroatoms. The van der Waals surface area contributed by atoms with Crippen molar-refractivity contribution in [3.63, 3.8) is 0 Å². The number of hydrogen-bond donors (Lipinski definition) is 1. The largest absolute Gasteiger partial charge is 0.350 e. The summed E-state index contributed by atoms with van der Waals surface area (Å²) in [6.45, 7) is 4.54. The first kappa shape index (κ1) is 22.6. The first-order chi connectivity index (χ1) is 15.2. The van der Waals surface area contributed by atoms with E-state index in [1.165, 1.54) is 5.56 Å². The summed E-state index contributed by atoms with van der Waals surface area (Å²) in [5.41, 5.74) is 5.35. The number of carbonyl (C=O) groups is 1. The van der Waals surface area contributed by atoms with Gasteiger partial charge in [0.15, 0.2) is 15.5 Å². The van der Waals surface area contributed by atoms with Crippen molar-refractivity contribution in [3.05, 3.63) is 75.9 Å². The SMILES string of the molecule is Cc1ccc(-c2cc(C(=O)NCCc3ccc(Cl)cc3)nn2C2CCS(=O)(=O)C2)cc1C. The fourth-order valence-electron chi connectivity index (χ4n) is 3.93. The van der Waals surface area contributed by atoms with Gasteiger partial charge in [-0.3, -0.25) is 9.48 Å². The van der Waals surface area contributed by atoms with Crippen LogP contribution in [0.5, 0.6) is 0 Å². The average Bonchev–Trinajstić information content (AvgIpc) is 3.35. The molecule has 2 heterocycles. The second-order valence-electron chi connectivity index (χ2n) is 8.35. The molecule has 1 saturated heterocycles. The van der Waals surface area contributed by atoms with Gasteiger partial charge in [0.05, 0.1) is 23.2 Å². The predicted octanol–water partition coefficient (Wildman–Crippen LogP) is 4.15. The van der Waals surface area contributed by atoms with E-state index in [0.717, 1.165) is 22.4 Å². The third-order valence-corrected chi connectivity index (χ3v) is 7.94. The molecule has 2 aromatic carbocycles. The Morgan fingerprint density at radius 3 is 2.53 bits per heavy atom. The molecule has 0 radical (unpaired) electrons. The van der Waals surface area contributed by atoms with Crippen LogP contribution in [0.2, 0.25) is 5.02 Å². The van der Waals surface area contributed by atoms with Gasteiger partial charge in [0.1, 0.15) is 0 Å². The van der Waals surface area contributed by atoms with E-state index in [9.17, 15) is 13.2 Å². The van der Waals surface area contributed by atoms with Crippen LogP contribution in [0.25, 0.3) is 11.3 Å². The van der Waals surface area contributed by atoms with Gasteiger partial charge >= 0.3 is 0 Å². The summed E-state index contributed by atoms with van der Waals surface area (Å²) in [5, 5.41) is 8.14. The summed E-state index contributed by atoms with van der Waals surface area (Å²) in [4.78, 5) is 12.8. The Hall–Kier alpha value is -2.64. The smallest absolute Gasteiger partial charge is 0.271 e. The molecule has 3 aromatic rings. The molecule has 1 amide bonds. The number of benzene rings is 2. The summed E-state index contributed by atoms with van der Waals surface area (Å²) >= 11 is 5.92. The van der Waals surface area contributed by atoms with Gasteiger partial charge in [0.2, 0.25) is 0 Å². The van der Waals surface area contributed by atoms with Crippen LogP contribution >= 0.6 is 11.6 Å². The molecule has 1 aliphatic rings. The molecule has 6 nitrogen and oxygen atoms in total. The number of nitrogens with one attached hydrogen (secondary N) is 1. The van der Waals surface area contributed by atoms with E-state index >= 15 is 0 Å². The van der Waals surface area contributed by atoms with Crippen molar-refractivity contribution in [2.24, 2.45) is 0 Å². The molecule has 32 heavy (non-hydrogen) atoms. The highest BCUT2D eigenvalue weighted by atomic mass is 35.5. The standard InChI is InChI=1S/C24H26ClN3O3S/c1-16-3-6-19(13-17(16)2)23-14-22(27-28(23)21-10-12-32(30,31)15-21)24(29)26-11-9-18-4-7-20(25)8-5-18/h3-8,13-14,21H,9-12,15H2,1-2H3,(H,26,29). The Morgan fingerprint density at radius 1 is 1.12 bits per heavy atom. The maximum absolute atomic E-state index is 12.8. The number of aromatic nitrogens is 2. The number of carbonyl (C=O) groups excluding carboxylic acids is 1. The third-order valence-electron chi connectivity index (χ3n) is 5.94. The molecule has 1 N–H and O–H groups in total. The van der Waals surface area contributed by atoms with Crippen LogP contribution in [0.3, 0.4) is 0 Å². The van der Waals surface area contributed by atoms with E-state index in [1.807, 2.05) is 50.2 Å². The van der Waals surface area contributed by atoms with Crippen LogP contribution in [0.4, 0.5) is 0 Å². The number of rotatable bonds is 6. The van der Waals surface area contributed by atoms with Crippen molar-refractivity contribution in [2.75, 3.05) is 18.1 Å². The number of hydrogen-bond acceptors (Lipinski definition) is 4. The molecule has 1 aliphatic heterocycles. The van der Waals surface area contributed by atoms with E-state index in [1.54, 1.807) is 10.7 Å². The Bertz CT molecular complexity index is 1250. The summed E-state index contributed by atoms with van der Waals surface area (Å²) in [7, 11) is -3.09. The highest BCUT2D eigenvalue weighted by Crippen LogP contribution is 2.31. The van der Waals surface area contributed by atoms with E-state index in [-0.39, 0.29) is 23.5 Å². The van der Waals surface area contributed by atoms with Gasteiger partial charge in [-0.2, -0.15) is 5.10 Å². The number of nitrogens with zero attached hydrogens (tertiary/aromatic N) is 2. The molecule has 1 aromatic heterocycles. The second kappa shape index (κ2) is 9.08. The van der Waals surface area contributed by atoms with Gasteiger partial charge in [-0.05, 0) is 67.6 Å². The minimum Gasteiger partial charge on any atom is -0.350 e. The summed E-state index contributed by atoms with van der Waals surface area (Å²) in [5.74, 6) is -0.0833. The van der Waals surface area contributed by atoms with Gasteiger partial charge in [-0.25, -0.2) is 8.42 Å². The molecule has 0 saturated carbocycles. The lowest BCUT2D eigenvalue weighted by molar-refractivity contribution is 0.0948. The van der Waals surface area contributed by atoms with Crippen LogP contribution in [-0.4, -0.2) is 42.2 Å². The van der Waals surface area contributed by atoms with Crippen LogP contribution < -0.4 is 5.32 Å². The molecule has 0 spiro atoms. The fraction of sp³-hybridized carbons (Fsp3) is 0.333. The normalized spacial score (nSPS) is 17.4. The Balaban J connectivity index is 1.57. The zero-order chi connectivity index (χ0) is 22.9. The van der Waals surface area contributed by atoms with Gasteiger partial charge in [-0.1, -0.05) is 35.9 Å². The molecule has 0 aliphatic carbocycles. The quantitative estimate of drug-likeness (QED) is 0.585. The lowest BCUT2D eigenvalue weighted by Crippen LogP contribution is -2.26. The summed E-state index contributed by atoms with van der Waals surface area (Å²) in [6, 6.07) is 15.1. The van der Waals surface area contributed by atoms with Crippen molar-refractivity contribution in [1.82, 2.24) is 15.1 Å². The van der Waals surface area contributed by atoms with Crippen molar-refractivity contribution in [2.45, 2.75) is 32.7 Å². The fourth-order valence-corrected chi connectivity index (χ4v) is 5.75. The molecule has 168 valence electrons. The molecule has 1 fully saturated rings. The van der Waals surface area contributed by atoms with Gasteiger partial charge < -0.3 is 5.32 Å². The topological polar surface area (TPSA) is 81.1 Å². The number of aryl methyl sites for hydroxylation is 2. The molecular weight excluding hydrogens is 446 g/mol. The zero-order valence-corrected chi connectivity index (χ0v) is 19.7. The third kappa shape index (κ3) is 5.05. The Labute approximate surface area is 193 Å². The molecule has 1 atom stereocenters. The summed E-state index contributed by atoms with van der Waals surface area (Å²) < 4.78 is 25.9. The second-order valence-corrected chi connectivity index (χ2v) is 11.0. The first-order valence-electron chi connectivity index (χ1n) is 10.6. The van der Waals surface area contributed by atoms with Crippen molar-refractivity contribution in [1.29, 1.82) is 0 Å². The lowest BCUT2D eigenvalue weighted by atomic mass is 10.0. The van der Waals surface area contributed by atoms with E-state index in [0.29, 0.717) is 30.1 Å². The van der Waals surface area contributed by atoms with Gasteiger partial charge in [-0.15, -0.1) is 0 Å². The van der Waals surface area contributed by atoms with E-state index in [4.69, 9.17) is 11.6 Å². The molecule has 4 rings (SSSR count). The average molecular weight is 472 g/mol. The number of amides is 1. The van der Waals surface area contributed by atoms with Crippen LogP contribution in [0.15, 0.2) is 48.5 Å². The van der Waals surface area contributed by atoms with Crippen LogP contribution in [0.1, 0.15) is 39.6 Å².